The normalized spacial score (nSPS) is 15.1. The Balaban J connectivity index is 1.76. The number of nitrogen functional groups attached to an aromatic ring is 1. The molecule has 1 aromatic carbocycles. The predicted molar refractivity (Wildman–Crippen MR) is 108 cm³/mol. The van der Waals surface area contributed by atoms with Crippen molar-refractivity contribution in [3.63, 3.8) is 0 Å². The average molecular weight is 477 g/mol. The Labute approximate surface area is 178 Å². The Kier molecular flexibility index (Phi) is 6.79. The van der Waals surface area contributed by atoms with Crippen molar-refractivity contribution in [1.82, 2.24) is 19.5 Å². The van der Waals surface area contributed by atoms with Gasteiger partial charge in [0, 0.05) is 0 Å². The Morgan fingerprint density at radius 1 is 1.32 bits per heavy atom. The number of rotatable bonds is 8. The number of anilines is 1. The van der Waals surface area contributed by atoms with Crippen molar-refractivity contribution < 1.29 is 32.5 Å². The minimum atomic E-state index is -4.76. The molecule has 0 radical (unpaired) electrons. The molecule has 14 heteroatoms. The zero-order valence-electron chi connectivity index (χ0n) is 16.2. The summed E-state index contributed by atoms with van der Waals surface area (Å²) in [5.74, 6) is 0.0253. The number of hydrogen-bond donors (Lipinski definition) is 3. The maximum absolute atomic E-state index is 12.4. The van der Waals surface area contributed by atoms with Crippen molar-refractivity contribution in [2.75, 3.05) is 18.2 Å². The number of nitrogens with two attached hydrogens (primary N) is 1. The molecule has 0 aliphatic heterocycles. The van der Waals surface area contributed by atoms with Gasteiger partial charge in [-0.25, -0.2) is 9.97 Å². The van der Waals surface area contributed by atoms with Crippen LogP contribution in [0.25, 0.3) is 11.2 Å². The minimum absolute atomic E-state index is 0.0363. The summed E-state index contributed by atoms with van der Waals surface area (Å²) >= 11 is 1.14. The number of ether oxygens (including phenoxy) is 1. The van der Waals surface area contributed by atoms with Crippen LogP contribution in [0, 0.1) is 0 Å². The van der Waals surface area contributed by atoms with Crippen LogP contribution < -0.4 is 5.73 Å². The summed E-state index contributed by atoms with van der Waals surface area (Å²) in [6, 6.07) is 6.66. The van der Waals surface area contributed by atoms with E-state index in [0.717, 1.165) is 11.8 Å². The molecular weight excluding hydrogens is 458 g/mol. The highest BCUT2D eigenvalue weighted by Gasteiger charge is 2.38. The summed E-state index contributed by atoms with van der Waals surface area (Å²) in [6.07, 6.45) is -6.77. The fraction of sp³-hybridized carbons (Fsp3) is 0.353. The van der Waals surface area contributed by atoms with Crippen LogP contribution in [0.5, 0.6) is 5.75 Å². The van der Waals surface area contributed by atoms with E-state index < -0.39 is 32.2 Å². The first-order valence-electron chi connectivity index (χ1n) is 8.87. The third-order valence-electron chi connectivity index (χ3n) is 3.96. The number of fused-ring (bicyclic) bond motifs is 1. The van der Waals surface area contributed by atoms with Crippen LogP contribution in [0.15, 0.2) is 40.5 Å². The van der Waals surface area contributed by atoms with Gasteiger partial charge in [0.15, 0.2) is 5.65 Å². The number of hydrogen-bond acceptors (Lipinski definition) is 8. The second kappa shape index (κ2) is 9.03. The largest absolute Gasteiger partial charge is 0.507 e. The molecule has 9 nitrogen and oxygen atoms in total. The van der Waals surface area contributed by atoms with Crippen LogP contribution in [-0.2, 0) is 15.8 Å². The Morgan fingerprint density at radius 2 is 2.03 bits per heavy atom. The molecule has 0 saturated heterocycles. The lowest BCUT2D eigenvalue weighted by Crippen LogP contribution is -2.20. The number of para-hydroxylation sites is 1. The molecule has 2 heterocycles. The lowest BCUT2D eigenvalue weighted by molar-refractivity contribution is -0.108. The van der Waals surface area contributed by atoms with Gasteiger partial charge in [0.2, 0.25) is 13.3 Å². The summed E-state index contributed by atoms with van der Waals surface area (Å²) in [7, 11) is -4.51. The van der Waals surface area contributed by atoms with Gasteiger partial charge in [0.05, 0.1) is 23.9 Å². The molecule has 0 spiro atoms. The highest BCUT2D eigenvalue weighted by atomic mass is 32.2. The van der Waals surface area contributed by atoms with Crippen LogP contribution >= 0.6 is 19.1 Å². The number of aromatic hydroxyl groups is 1. The zero-order valence-corrected chi connectivity index (χ0v) is 17.9. The van der Waals surface area contributed by atoms with Crippen molar-refractivity contribution >= 4 is 36.2 Å². The molecule has 0 aliphatic carbocycles. The first-order valence-corrected chi connectivity index (χ1v) is 11.7. The Morgan fingerprint density at radius 3 is 2.71 bits per heavy atom. The molecule has 2 atom stereocenters. The molecule has 3 aromatic rings. The van der Waals surface area contributed by atoms with E-state index >= 15 is 0 Å². The van der Waals surface area contributed by atoms with Crippen molar-refractivity contribution in [1.29, 1.82) is 0 Å². The lowest BCUT2D eigenvalue weighted by atomic mass is 10.3. The van der Waals surface area contributed by atoms with Crippen LogP contribution in [-0.4, -0.2) is 54.3 Å². The van der Waals surface area contributed by atoms with Gasteiger partial charge < -0.3 is 25.0 Å². The first kappa shape index (κ1) is 23.3. The number of phenolic OH excluding ortho intramolecular Hbond substituents is 1. The summed E-state index contributed by atoms with van der Waals surface area (Å²) in [6.45, 7) is 1.64. The molecule has 4 N–H and O–H groups in total. The van der Waals surface area contributed by atoms with E-state index in [4.69, 9.17) is 10.5 Å². The smallest absolute Gasteiger partial charge is 0.398 e. The molecular formula is C17H19F3N5O4PS. The maximum atomic E-state index is 12.4. The van der Waals surface area contributed by atoms with Crippen molar-refractivity contribution in [3.8, 4) is 5.75 Å². The fourth-order valence-corrected chi connectivity index (χ4v) is 4.73. The summed E-state index contributed by atoms with van der Waals surface area (Å²) in [5, 5.41) is 10.4. The van der Waals surface area contributed by atoms with E-state index in [2.05, 4.69) is 15.0 Å². The number of benzene rings is 1. The number of nitrogens with zero attached hydrogens (tertiary/aromatic N) is 4. The van der Waals surface area contributed by atoms with Gasteiger partial charge in [0.1, 0.15) is 28.8 Å². The van der Waals surface area contributed by atoms with Gasteiger partial charge in [-0.05, 0) is 19.1 Å². The third kappa shape index (κ3) is 6.33. The summed E-state index contributed by atoms with van der Waals surface area (Å²) < 4.78 is 55.5. The molecule has 0 bridgehead atoms. The number of alkyl halides is 3. The van der Waals surface area contributed by atoms with E-state index in [1.165, 1.54) is 12.4 Å². The van der Waals surface area contributed by atoms with Crippen molar-refractivity contribution in [2.45, 2.75) is 35.7 Å². The molecule has 0 amide bonds. The van der Waals surface area contributed by atoms with Gasteiger partial charge in [-0.15, -0.1) is 0 Å². The van der Waals surface area contributed by atoms with Crippen LogP contribution in [0.4, 0.5) is 19.1 Å². The van der Waals surface area contributed by atoms with E-state index in [0.29, 0.717) is 21.1 Å². The number of aromatic nitrogens is 4. The maximum Gasteiger partial charge on any atom is 0.398 e. The summed E-state index contributed by atoms with van der Waals surface area (Å²) in [4.78, 5) is 22.6. The molecule has 2 aromatic heterocycles. The second-order valence-corrected chi connectivity index (χ2v) is 10.0. The van der Waals surface area contributed by atoms with E-state index in [-0.39, 0.29) is 18.2 Å². The molecule has 2 unspecified atom stereocenters. The molecule has 0 saturated carbocycles. The third-order valence-corrected chi connectivity index (χ3v) is 6.41. The number of phenols is 1. The Hall–Kier alpha value is -2.34. The van der Waals surface area contributed by atoms with Crippen molar-refractivity contribution in [2.24, 2.45) is 0 Å². The molecule has 0 aliphatic rings. The second-order valence-electron chi connectivity index (χ2n) is 6.75. The summed E-state index contributed by atoms with van der Waals surface area (Å²) in [5.41, 5.74) is 6.56. The van der Waals surface area contributed by atoms with E-state index in [1.807, 2.05) is 0 Å². The standard InChI is InChI=1S/C17H19F3N5O4PS/c1-10(29-9-30(27,28)7-17(18,19)20)6-25-8-22-13-14(25)23-16(21)24-15(13)31-12-5-3-2-4-11(12)26/h2-5,8,10,26H,6-7,9H2,1H3,(H,27,28)(H2,21,23,24). The van der Waals surface area contributed by atoms with Crippen LogP contribution in [0.3, 0.4) is 0 Å². The van der Waals surface area contributed by atoms with Gasteiger partial charge >= 0.3 is 6.18 Å². The van der Waals surface area contributed by atoms with Gasteiger partial charge in [0.25, 0.3) is 0 Å². The molecule has 3 rings (SSSR count). The first-order chi connectivity index (χ1) is 14.4. The predicted octanol–water partition coefficient (Wildman–Crippen LogP) is 3.46. The van der Waals surface area contributed by atoms with E-state index in [1.54, 1.807) is 29.7 Å². The highest BCUT2D eigenvalue weighted by molar-refractivity contribution is 7.99. The minimum Gasteiger partial charge on any atom is -0.507 e. The monoisotopic (exact) mass is 477 g/mol. The van der Waals surface area contributed by atoms with Crippen LogP contribution in [0.2, 0.25) is 0 Å². The highest BCUT2D eigenvalue weighted by Crippen LogP contribution is 2.45. The molecule has 168 valence electrons. The van der Waals surface area contributed by atoms with Gasteiger partial charge in [-0.3, -0.25) is 4.57 Å². The van der Waals surface area contributed by atoms with Gasteiger partial charge in [-0.1, -0.05) is 23.9 Å². The molecule has 31 heavy (non-hydrogen) atoms. The van der Waals surface area contributed by atoms with Gasteiger partial charge in [-0.2, -0.15) is 18.2 Å². The average Bonchev–Trinajstić information content (AvgIpc) is 3.03. The van der Waals surface area contributed by atoms with E-state index in [9.17, 15) is 27.7 Å². The van der Waals surface area contributed by atoms with Crippen molar-refractivity contribution in [3.05, 3.63) is 30.6 Å². The zero-order chi connectivity index (χ0) is 22.8. The lowest BCUT2D eigenvalue weighted by Gasteiger charge is -2.18. The Bertz CT molecular complexity index is 1130. The topological polar surface area (TPSA) is 136 Å². The number of halogens is 3. The molecule has 0 fully saturated rings. The fourth-order valence-electron chi connectivity index (χ4n) is 2.69. The number of imidazole rings is 1. The SMILES string of the molecule is CC(Cn1cnc2c(Sc3ccccc3O)nc(N)nc21)OCP(=O)(O)CC(F)(F)F. The quantitative estimate of drug-likeness (QED) is 0.329. The van der Waals surface area contributed by atoms with Crippen LogP contribution in [0.1, 0.15) is 6.92 Å².